The Balaban J connectivity index is 0.00000167. The maximum atomic E-state index is 12.9. The van der Waals surface area contributed by atoms with E-state index in [1.165, 1.54) is 0 Å². The van der Waals surface area contributed by atoms with Crippen LogP contribution in [0, 0.1) is 12.8 Å². The lowest BCUT2D eigenvalue weighted by Crippen LogP contribution is -2.25. The number of aldehydes is 1. The number of anilines is 1. The maximum absolute atomic E-state index is 12.9. The van der Waals surface area contributed by atoms with Crippen LogP contribution >= 0.6 is 12.1 Å². The summed E-state index contributed by atoms with van der Waals surface area (Å²) in [4.78, 5) is 28.0. The average molecular weight is 496 g/mol. The van der Waals surface area contributed by atoms with Crippen LogP contribution in [0.5, 0.6) is 0 Å². The van der Waals surface area contributed by atoms with Gasteiger partial charge in [0, 0.05) is 37.7 Å². The summed E-state index contributed by atoms with van der Waals surface area (Å²) in [6.07, 6.45) is 0.658. The molecule has 2 aromatic carbocycles. The van der Waals surface area contributed by atoms with Gasteiger partial charge in [-0.3, -0.25) is 4.79 Å². The zero-order chi connectivity index (χ0) is 25.5. The van der Waals surface area contributed by atoms with Gasteiger partial charge in [-0.2, -0.15) is 3.89 Å². The summed E-state index contributed by atoms with van der Waals surface area (Å²) in [5.41, 5.74) is 4.31. The molecular weight excluding hydrogens is 465 g/mol. The Kier molecular flexibility index (Phi) is 8.95. The molecule has 0 aliphatic heterocycles. The van der Waals surface area contributed by atoms with Crippen molar-refractivity contribution in [2.24, 2.45) is 5.92 Å². The lowest BCUT2D eigenvalue weighted by atomic mass is 10.1. The minimum atomic E-state index is 0.109. The fourth-order valence-electron chi connectivity index (χ4n) is 3.97. The largest absolute Gasteiger partial charge is 0.400 e. The van der Waals surface area contributed by atoms with Crippen LogP contribution < -0.4 is 4.90 Å². The van der Waals surface area contributed by atoms with E-state index >= 15 is 0 Å². The third-order valence-electron chi connectivity index (χ3n) is 5.34. The van der Waals surface area contributed by atoms with Crippen LogP contribution in [0.4, 0.5) is 9.70 Å². The van der Waals surface area contributed by atoms with E-state index in [1.54, 1.807) is 12.1 Å². The normalized spacial score (nSPS) is 10.9. The van der Waals surface area contributed by atoms with Crippen LogP contribution in [0.25, 0.3) is 22.6 Å². The highest BCUT2D eigenvalue weighted by molar-refractivity contribution is 7.94. The van der Waals surface area contributed by atoms with E-state index in [1.807, 2.05) is 49.2 Å². The van der Waals surface area contributed by atoms with Crippen LogP contribution in [-0.4, -0.2) is 51.6 Å². The number of rotatable bonds is 8. The summed E-state index contributed by atoms with van der Waals surface area (Å²) < 4.78 is 15.0. The molecule has 0 aliphatic rings. The van der Waals surface area contributed by atoms with Crippen molar-refractivity contribution < 1.29 is 13.8 Å². The Hall–Kier alpha value is -3.30. The second-order valence-electron chi connectivity index (χ2n) is 8.58. The highest BCUT2D eigenvalue weighted by Crippen LogP contribution is 2.31. The molecule has 0 bridgehead atoms. The van der Waals surface area contributed by atoms with Gasteiger partial charge in [-0.15, -0.1) is 0 Å². The van der Waals surface area contributed by atoms with Crippen molar-refractivity contribution in [1.82, 2.24) is 19.5 Å². The molecule has 35 heavy (non-hydrogen) atoms. The number of aromatic nitrogens is 4. The molecule has 0 amide bonds. The van der Waals surface area contributed by atoms with Crippen molar-refractivity contribution in [1.29, 1.82) is 0 Å². The first-order valence-corrected chi connectivity index (χ1v) is 11.9. The van der Waals surface area contributed by atoms with Gasteiger partial charge in [-0.1, -0.05) is 49.7 Å². The van der Waals surface area contributed by atoms with Crippen molar-refractivity contribution in [3.63, 3.8) is 0 Å². The molecule has 0 saturated carbocycles. The molecule has 0 radical (unpaired) electrons. The number of aliphatic hydroxyl groups excluding tert-OH is 1. The molecule has 4 aromatic rings. The molecule has 0 fully saturated rings. The molecule has 0 unspecified atom stereocenters. The SMILES string of the molecule is CO.Cc1cccc(-c2nc3nc(C=O)nc(N(C)CC(C)C)c3n2Cc2ccc(SF)cc2)c1. The Morgan fingerprint density at radius 2 is 1.83 bits per heavy atom. The summed E-state index contributed by atoms with van der Waals surface area (Å²) >= 11 is 0.227. The number of carbonyl (C=O) groups excluding carboxylic acids is 1. The van der Waals surface area contributed by atoms with Crippen molar-refractivity contribution in [2.75, 3.05) is 25.6 Å². The number of imidazole rings is 1. The highest BCUT2D eigenvalue weighted by Gasteiger charge is 2.22. The van der Waals surface area contributed by atoms with Crippen LogP contribution in [0.3, 0.4) is 0 Å². The first kappa shape index (κ1) is 26.3. The van der Waals surface area contributed by atoms with Gasteiger partial charge < -0.3 is 14.6 Å². The van der Waals surface area contributed by atoms with E-state index in [0.29, 0.717) is 35.1 Å². The fourth-order valence-corrected chi connectivity index (χ4v) is 4.21. The summed E-state index contributed by atoms with van der Waals surface area (Å²) in [5, 5.41) is 7.00. The predicted molar refractivity (Wildman–Crippen MR) is 140 cm³/mol. The van der Waals surface area contributed by atoms with Gasteiger partial charge in [0.2, 0.25) is 0 Å². The maximum Gasteiger partial charge on any atom is 0.196 e. The molecule has 0 saturated heterocycles. The van der Waals surface area contributed by atoms with Crippen LogP contribution in [0.15, 0.2) is 53.4 Å². The molecule has 7 nitrogen and oxygen atoms in total. The van der Waals surface area contributed by atoms with Gasteiger partial charge >= 0.3 is 0 Å². The van der Waals surface area contributed by atoms with Crippen molar-refractivity contribution in [3.05, 3.63) is 65.5 Å². The first-order chi connectivity index (χ1) is 16.9. The topological polar surface area (TPSA) is 84.1 Å². The lowest BCUT2D eigenvalue weighted by molar-refractivity contribution is 0.111. The quantitative estimate of drug-likeness (QED) is 0.330. The number of benzene rings is 2. The molecule has 1 N–H and O–H groups in total. The number of hydrogen-bond donors (Lipinski definition) is 1. The molecule has 0 atom stereocenters. The molecule has 2 heterocycles. The molecule has 0 aliphatic carbocycles. The van der Waals surface area contributed by atoms with Gasteiger partial charge in [0.15, 0.2) is 23.6 Å². The van der Waals surface area contributed by atoms with Crippen LogP contribution in [0.2, 0.25) is 0 Å². The number of hydrogen-bond acceptors (Lipinski definition) is 7. The zero-order valence-corrected chi connectivity index (χ0v) is 21.4. The third-order valence-corrected chi connectivity index (χ3v) is 5.79. The van der Waals surface area contributed by atoms with E-state index in [2.05, 4.69) is 34.4 Å². The van der Waals surface area contributed by atoms with Crippen molar-refractivity contribution >= 4 is 35.4 Å². The number of fused-ring (bicyclic) bond motifs is 1. The second kappa shape index (κ2) is 11.9. The Labute approximate surface area is 209 Å². The van der Waals surface area contributed by atoms with E-state index in [0.717, 1.165) is 41.7 Å². The Bertz CT molecular complexity index is 1290. The minimum Gasteiger partial charge on any atom is -0.400 e. The van der Waals surface area contributed by atoms with Gasteiger partial charge in [-0.25, -0.2) is 15.0 Å². The number of nitrogens with zero attached hydrogens (tertiary/aromatic N) is 5. The standard InChI is InChI=1S/C25H26FN5OS.CH4O/c1-16(2)13-30(4)25-22-23(27-21(15-32)28-25)29-24(19-7-5-6-17(3)12-19)31(22)14-18-8-10-20(33-26)11-9-18;1-2/h5-12,15-16H,13-14H2,1-4H3;2H,1H3. The van der Waals surface area contributed by atoms with E-state index in [4.69, 9.17) is 10.1 Å². The Morgan fingerprint density at radius 3 is 2.43 bits per heavy atom. The molecule has 4 rings (SSSR count). The highest BCUT2D eigenvalue weighted by atomic mass is 32.2. The molecule has 0 spiro atoms. The van der Waals surface area contributed by atoms with Gasteiger partial charge in [0.1, 0.15) is 11.3 Å². The van der Waals surface area contributed by atoms with E-state index in [9.17, 15) is 8.68 Å². The minimum absolute atomic E-state index is 0.109. The van der Waals surface area contributed by atoms with Gasteiger partial charge in [-0.05, 0) is 36.6 Å². The third kappa shape index (κ3) is 6.04. The predicted octanol–water partition coefficient (Wildman–Crippen LogP) is 5.34. The number of aryl methyl sites for hydroxylation is 1. The van der Waals surface area contributed by atoms with Crippen molar-refractivity contribution in [3.8, 4) is 11.4 Å². The second-order valence-corrected chi connectivity index (χ2v) is 9.21. The number of carbonyl (C=O) groups is 1. The van der Waals surface area contributed by atoms with E-state index < -0.39 is 0 Å². The monoisotopic (exact) mass is 495 g/mol. The number of aliphatic hydroxyl groups is 1. The van der Waals surface area contributed by atoms with Crippen LogP contribution in [0.1, 0.15) is 35.6 Å². The smallest absolute Gasteiger partial charge is 0.196 e. The lowest BCUT2D eigenvalue weighted by Gasteiger charge is -2.22. The van der Waals surface area contributed by atoms with Crippen molar-refractivity contribution in [2.45, 2.75) is 32.2 Å². The summed E-state index contributed by atoms with van der Waals surface area (Å²) in [7, 11) is 2.97. The summed E-state index contributed by atoms with van der Waals surface area (Å²) in [5.74, 6) is 1.92. The van der Waals surface area contributed by atoms with Gasteiger partial charge in [0.05, 0.1) is 12.1 Å². The first-order valence-electron chi connectivity index (χ1n) is 11.2. The van der Waals surface area contributed by atoms with E-state index in [-0.39, 0.29) is 18.0 Å². The molecule has 184 valence electrons. The molecule has 9 heteroatoms. The molecular formula is C26H30FN5O2S. The Morgan fingerprint density at radius 1 is 1.11 bits per heavy atom. The summed E-state index contributed by atoms with van der Waals surface area (Å²) in [6.45, 7) is 7.57. The van der Waals surface area contributed by atoms with Gasteiger partial charge in [0.25, 0.3) is 0 Å². The van der Waals surface area contributed by atoms with Crippen LogP contribution in [-0.2, 0) is 6.54 Å². The fraction of sp³-hybridized carbons (Fsp3) is 0.308. The summed E-state index contributed by atoms with van der Waals surface area (Å²) in [6, 6.07) is 15.5. The number of halogens is 1. The average Bonchev–Trinajstić information content (AvgIpc) is 3.22. The molecule has 2 aromatic heterocycles. The zero-order valence-electron chi connectivity index (χ0n) is 20.6.